The number of para-hydroxylation sites is 1. The highest BCUT2D eigenvalue weighted by atomic mass is 16.2. The third kappa shape index (κ3) is 2.97. The number of nitrogens with zero attached hydrogens (tertiary/aromatic N) is 3. The van der Waals surface area contributed by atoms with Crippen LogP contribution in [0.1, 0.15) is 19.0 Å². The zero-order chi connectivity index (χ0) is 18.1. The van der Waals surface area contributed by atoms with Crippen LogP contribution in [0.2, 0.25) is 0 Å². The molecule has 1 aliphatic rings. The first-order chi connectivity index (χ1) is 11.9. The van der Waals surface area contributed by atoms with Crippen LogP contribution in [0, 0.1) is 12.8 Å². The first-order valence-electron chi connectivity index (χ1n) is 8.36. The summed E-state index contributed by atoms with van der Waals surface area (Å²) in [5.74, 6) is -0.721. The highest BCUT2D eigenvalue weighted by Crippen LogP contribution is 2.20. The van der Waals surface area contributed by atoms with E-state index in [-0.39, 0.29) is 29.5 Å². The fourth-order valence-corrected chi connectivity index (χ4v) is 3.19. The predicted molar refractivity (Wildman–Crippen MR) is 94.7 cm³/mol. The molecule has 2 aromatic rings. The number of anilines is 1. The molecule has 1 saturated heterocycles. The van der Waals surface area contributed by atoms with Gasteiger partial charge in [0.05, 0.1) is 17.3 Å². The molecule has 0 aliphatic carbocycles. The summed E-state index contributed by atoms with van der Waals surface area (Å²) in [6.07, 6.45) is 0.193. The third-order valence-electron chi connectivity index (χ3n) is 4.77. The molecule has 1 aromatic heterocycles. The molecule has 1 fully saturated rings. The second kappa shape index (κ2) is 6.58. The molecular formula is C18H22N4O3. The molecule has 132 valence electrons. The van der Waals surface area contributed by atoms with E-state index in [0.29, 0.717) is 18.8 Å². The van der Waals surface area contributed by atoms with Crippen molar-refractivity contribution in [2.24, 2.45) is 13.0 Å². The van der Waals surface area contributed by atoms with Crippen LogP contribution >= 0.6 is 0 Å². The van der Waals surface area contributed by atoms with Crippen LogP contribution < -0.4 is 10.9 Å². The standard InChI is InChI=1S/C18H22N4O3/c1-4-21-11-13(10-15(21)23)17(24)19-16-12(2)20(3)22(18(16)25)14-8-6-5-7-9-14/h5-9,13H,4,10-11H2,1-3H3,(H,19,24)/t13-/m0/s1. The number of rotatable bonds is 4. The molecule has 0 unspecified atom stereocenters. The molecule has 2 amide bonds. The summed E-state index contributed by atoms with van der Waals surface area (Å²) in [7, 11) is 1.78. The van der Waals surface area contributed by atoms with Gasteiger partial charge < -0.3 is 10.2 Å². The number of amides is 2. The minimum Gasteiger partial charge on any atom is -0.342 e. The van der Waals surface area contributed by atoms with Crippen LogP contribution in [-0.2, 0) is 16.6 Å². The number of nitrogens with one attached hydrogen (secondary N) is 1. The maximum absolute atomic E-state index is 12.8. The Morgan fingerprint density at radius 2 is 1.92 bits per heavy atom. The molecule has 1 atom stereocenters. The van der Waals surface area contributed by atoms with Gasteiger partial charge in [-0.25, -0.2) is 4.68 Å². The van der Waals surface area contributed by atoms with Crippen molar-refractivity contribution in [3.63, 3.8) is 0 Å². The molecule has 25 heavy (non-hydrogen) atoms. The first kappa shape index (κ1) is 17.0. The maximum atomic E-state index is 12.8. The van der Waals surface area contributed by atoms with E-state index in [4.69, 9.17) is 0 Å². The topological polar surface area (TPSA) is 76.3 Å². The van der Waals surface area contributed by atoms with Crippen molar-refractivity contribution in [2.45, 2.75) is 20.3 Å². The lowest BCUT2D eigenvalue weighted by atomic mass is 10.1. The highest BCUT2D eigenvalue weighted by Gasteiger charge is 2.34. The Kier molecular flexibility index (Phi) is 4.48. The minimum absolute atomic E-state index is 0.0193. The van der Waals surface area contributed by atoms with Crippen molar-refractivity contribution in [3.8, 4) is 5.69 Å². The number of benzene rings is 1. The summed E-state index contributed by atoms with van der Waals surface area (Å²) in [6, 6.07) is 9.25. The molecule has 1 aliphatic heterocycles. The lowest BCUT2D eigenvalue weighted by molar-refractivity contribution is -0.128. The molecule has 1 N–H and O–H groups in total. The van der Waals surface area contributed by atoms with Gasteiger partial charge in [0.15, 0.2) is 0 Å². The van der Waals surface area contributed by atoms with E-state index < -0.39 is 5.92 Å². The van der Waals surface area contributed by atoms with Crippen molar-refractivity contribution in [3.05, 3.63) is 46.4 Å². The van der Waals surface area contributed by atoms with Crippen LogP contribution in [0.3, 0.4) is 0 Å². The van der Waals surface area contributed by atoms with Crippen molar-refractivity contribution < 1.29 is 9.59 Å². The lowest BCUT2D eigenvalue weighted by Crippen LogP contribution is -2.29. The lowest BCUT2D eigenvalue weighted by Gasteiger charge is -2.13. The zero-order valence-corrected chi connectivity index (χ0v) is 14.7. The quantitative estimate of drug-likeness (QED) is 0.910. The van der Waals surface area contributed by atoms with E-state index in [0.717, 1.165) is 5.69 Å². The number of hydrogen-bond donors (Lipinski definition) is 1. The van der Waals surface area contributed by atoms with Crippen molar-refractivity contribution in [1.82, 2.24) is 14.3 Å². The fourth-order valence-electron chi connectivity index (χ4n) is 3.19. The summed E-state index contributed by atoms with van der Waals surface area (Å²) in [5.41, 5.74) is 1.38. The number of likely N-dealkylation sites (tertiary alicyclic amines) is 1. The number of carbonyl (C=O) groups excluding carboxylic acids is 2. The average Bonchev–Trinajstić information content (AvgIpc) is 3.09. The van der Waals surface area contributed by atoms with E-state index in [2.05, 4.69) is 5.32 Å². The van der Waals surface area contributed by atoms with Gasteiger partial charge >= 0.3 is 0 Å². The largest absolute Gasteiger partial charge is 0.342 e. The van der Waals surface area contributed by atoms with Gasteiger partial charge in [-0.15, -0.1) is 0 Å². The summed E-state index contributed by atoms with van der Waals surface area (Å²) < 4.78 is 3.23. The molecule has 3 rings (SSSR count). The molecular weight excluding hydrogens is 320 g/mol. The number of aromatic nitrogens is 2. The van der Waals surface area contributed by atoms with Crippen LogP contribution in [0.25, 0.3) is 5.69 Å². The van der Waals surface area contributed by atoms with E-state index >= 15 is 0 Å². The van der Waals surface area contributed by atoms with Gasteiger partial charge in [0.2, 0.25) is 11.8 Å². The van der Waals surface area contributed by atoms with Gasteiger partial charge in [0.1, 0.15) is 5.69 Å². The Bertz CT molecular complexity index is 866. The Labute approximate surface area is 145 Å². The number of carbonyl (C=O) groups is 2. The summed E-state index contributed by atoms with van der Waals surface area (Å²) >= 11 is 0. The Morgan fingerprint density at radius 1 is 1.24 bits per heavy atom. The molecule has 0 radical (unpaired) electrons. The second-order valence-electron chi connectivity index (χ2n) is 6.26. The molecule has 2 heterocycles. The van der Waals surface area contributed by atoms with Gasteiger partial charge in [-0.1, -0.05) is 18.2 Å². The van der Waals surface area contributed by atoms with Crippen LogP contribution in [0.15, 0.2) is 35.1 Å². The average molecular weight is 342 g/mol. The van der Waals surface area contributed by atoms with Gasteiger partial charge in [-0.05, 0) is 26.0 Å². The Hall–Kier alpha value is -2.83. The summed E-state index contributed by atoms with van der Waals surface area (Å²) in [6.45, 7) is 4.67. The number of hydrogen-bond acceptors (Lipinski definition) is 3. The summed E-state index contributed by atoms with van der Waals surface area (Å²) in [4.78, 5) is 38.8. The van der Waals surface area contributed by atoms with Gasteiger partial charge in [-0.3, -0.25) is 19.1 Å². The maximum Gasteiger partial charge on any atom is 0.295 e. The fraction of sp³-hybridized carbons (Fsp3) is 0.389. The van der Waals surface area contributed by atoms with Crippen molar-refractivity contribution in [1.29, 1.82) is 0 Å². The van der Waals surface area contributed by atoms with E-state index in [1.54, 1.807) is 23.6 Å². The van der Waals surface area contributed by atoms with Crippen LogP contribution in [0.5, 0.6) is 0 Å². The second-order valence-corrected chi connectivity index (χ2v) is 6.26. The van der Waals surface area contributed by atoms with Gasteiger partial charge in [0.25, 0.3) is 5.56 Å². The minimum atomic E-state index is -0.420. The first-order valence-corrected chi connectivity index (χ1v) is 8.36. The normalized spacial score (nSPS) is 17.2. The molecule has 1 aromatic carbocycles. The molecule has 7 heteroatoms. The monoisotopic (exact) mass is 342 g/mol. The Morgan fingerprint density at radius 3 is 2.52 bits per heavy atom. The third-order valence-corrected chi connectivity index (χ3v) is 4.77. The molecule has 0 saturated carbocycles. The van der Waals surface area contributed by atoms with Crippen molar-refractivity contribution >= 4 is 17.5 Å². The van der Waals surface area contributed by atoms with Crippen molar-refractivity contribution in [2.75, 3.05) is 18.4 Å². The van der Waals surface area contributed by atoms with Crippen LogP contribution in [0.4, 0.5) is 5.69 Å². The predicted octanol–water partition coefficient (Wildman–Crippen LogP) is 1.29. The van der Waals surface area contributed by atoms with E-state index in [1.807, 2.05) is 37.3 Å². The smallest absolute Gasteiger partial charge is 0.295 e. The SMILES string of the molecule is CCN1C[C@@H](C(=O)Nc2c(C)n(C)n(-c3ccccc3)c2=O)CC1=O. The highest BCUT2D eigenvalue weighted by molar-refractivity contribution is 5.97. The van der Waals surface area contributed by atoms with Gasteiger partial charge in [-0.2, -0.15) is 0 Å². The van der Waals surface area contributed by atoms with E-state index in [9.17, 15) is 14.4 Å². The molecule has 7 nitrogen and oxygen atoms in total. The zero-order valence-electron chi connectivity index (χ0n) is 14.7. The molecule has 0 spiro atoms. The van der Waals surface area contributed by atoms with Crippen LogP contribution in [-0.4, -0.2) is 39.2 Å². The molecule has 0 bridgehead atoms. The van der Waals surface area contributed by atoms with E-state index in [1.165, 1.54) is 4.68 Å². The Balaban J connectivity index is 1.88. The van der Waals surface area contributed by atoms with Gasteiger partial charge in [0, 0.05) is 26.6 Å². The summed E-state index contributed by atoms with van der Waals surface area (Å²) in [5, 5.41) is 2.74.